The van der Waals surface area contributed by atoms with Gasteiger partial charge in [0, 0.05) is 0 Å². The Morgan fingerprint density at radius 3 is 3.00 bits per heavy atom. The van der Waals surface area contributed by atoms with Crippen LogP contribution in [-0.4, -0.2) is 22.6 Å². The number of hydrogen-bond acceptors (Lipinski definition) is 3. The van der Waals surface area contributed by atoms with E-state index in [0.717, 1.165) is 11.0 Å². The number of hydrogen-bond donors (Lipinski definition) is 0. The maximum Gasteiger partial charge on any atom is 0.139 e. The Bertz CT molecular complexity index is 499. The highest BCUT2D eigenvalue weighted by atomic mass is 15.3. The van der Waals surface area contributed by atoms with Crippen LogP contribution in [0.4, 0.5) is 0 Å². The molecule has 1 aromatic carbocycles. The van der Waals surface area contributed by atoms with Crippen molar-refractivity contribution in [3.05, 3.63) is 42.0 Å². The van der Waals surface area contributed by atoms with Crippen LogP contribution in [0.15, 0.2) is 30.9 Å². The lowest BCUT2D eigenvalue weighted by Crippen LogP contribution is -2.08. The fourth-order valence-corrected chi connectivity index (χ4v) is 1.45. The van der Waals surface area contributed by atoms with E-state index in [9.17, 15) is 0 Å². The second kappa shape index (κ2) is 3.97. The van der Waals surface area contributed by atoms with E-state index >= 15 is 0 Å². The summed E-state index contributed by atoms with van der Waals surface area (Å²) < 4.78 is 1.70. The first-order valence-corrected chi connectivity index (χ1v) is 4.61. The zero-order chi connectivity index (χ0) is 10.7. The summed E-state index contributed by atoms with van der Waals surface area (Å²) in [5.41, 5.74) is 2.81. The highest BCUT2D eigenvalue weighted by molar-refractivity contribution is 6.32. The molecule has 0 fully saturated rings. The van der Waals surface area contributed by atoms with Gasteiger partial charge in [0.25, 0.3) is 0 Å². The van der Waals surface area contributed by atoms with E-state index in [1.165, 1.54) is 6.33 Å². The number of nitriles is 1. The van der Waals surface area contributed by atoms with Crippen molar-refractivity contribution in [2.45, 2.75) is 6.54 Å². The first-order chi connectivity index (χ1) is 7.29. The number of rotatable bonds is 2. The summed E-state index contributed by atoms with van der Waals surface area (Å²) in [4.78, 5) is 3.87. The van der Waals surface area contributed by atoms with Crippen LogP contribution in [0.25, 0.3) is 0 Å². The lowest BCUT2D eigenvalue weighted by molar-refractivity contribution is 0.684. The molecular weight excluding hydrogens is 187 g/mol. The summed E-state index contributed by atoms with van der Waals surface area (Å²) in [6.45, 7) is 0.588. The van der Waals surface area contributed by atoms with Gasteiger partial charge in [-0.2, -0.15) is 10.4 Å². The van der Waals surface area contributed by atoms with Crippen LogP contribution < -0.4 is 5.46 Å². The molecule has 1 aromatic heterocycles. The van der Waals surface area contributed by atoms with Gasteiger partial charge >= 0.3 is 0 Å². The van der Waals surface area contributed by atoms with E-state index in [1.54, 1.807) is 11.0 Å². The maximum atomic E-state index is 8.94. The molecule has 1 heterocycles. The van der Waals surface area contributed by atoms with E-state index in [2.05, 4.69) is 16.2 Å². The summed E-state index contributed by atoms with van der Waals surface area (Å²) in [6.07, 6.45) is 3.13. The Hall–Kier alpha value is -2.09. The van der Waals surface area contributed by atoms with Crippen molar-refractivity contribution in [2.75, 3.05) is 0 Å². The molecule has 5 heteroatoms. The predicted molar refractivity (Wildman–Crippen MR) is 58.5 cm³/mol. The zero-order valence-corrected chi connectivity index (χ0v) is 8.38. The molecule has 0 atom stereocenters. The normalized spacial score (nSPS) is 9.80. The SMILES string of the molecule is Bc1ccc(C#N)c(Cn2cncn2)c1. The molecule has 0 amide bonds. The van der Waals surface area contributed by atoms with Crippen LogP contribution >= 0.6 is 0 Å². The van der Waals surface area contributed by atoms with Crippen LogP contribution in [0.3, 0.4) is 0 Å². The van der Waals surface area contributed by atoms with E-state index in [4.69, 9.17) is 5.26 Å². The van der Waals surface area contributed by atoms with Crippen molar-refractivity contribution in [3.63, 3.8) is 0 Å². The summed E-state index contributed by atoms with van der Waals surface area (Å²) in [5, 5.41) is 13.0. The van der Waals surface area contributed by atoms with Crippen LogP contribution in [0.5, 0.6) is 0 Å². The second-order valence-electron chi connectivity index (χ2n) is 3.37. The third kappa shape index (κ3) is 2.05. The van der Waals surface area contributed by atoms with Gasteiger partial charge in [-0.15, -0.1) is 0 Å². The molecule has 0 aliphatic heterocycles. The quantitative estimate of drug-likeness (QED) is 0.606. The molecule has 0 bridgehead atoms. The molecule has 72 valence electrons. The van der Waals surface area contributed by atoms with Crippen LogP contribution in [0.2, 0.25) is 0 Å². The fraction of sp³-hybridized carbons (Fsp3) is 0.100. The molecule has 0 saturated heterocycles. The highest BCUT2D eigenvalue weighted by Crippen LogP contribution is 2.06. The Morgan fingerprint density at radius 2 is 2.33 bits per heavy atom. The average Bonchev–Trinajstić information content (AvgIpc) is 2.71. The van der Waals surface area contributed by atoms with Gasteiger partial charge in [0.05, 0.1) is 18.2 Å². The molecule has 2 aromatic rings. The Kier molecular flexibility index (Phi) is 2.50. The van der Waals surface area contributed by atoms with Gasteiger partial charge in [-0.25, -0.2) is 9.67 Å². The molecular formula is C10H9BN4. The Morgan fingerprint density at radius 1 is 1.47 bits per heavy atom. The van der Waals surface area contributed by atoms with Crippen LogP contribution in [0, 0.1) is 11.3 Å². The van der Waals surface area contributed by atoms with Gasteiger partial charge in [-0.05, 0) is 11.6 Å². The number of nitrogens with zero attached hydrogens (tertiary/aromatic N) is 4. The van der Waals surface area contributed by atoms with Gasteiger partial charge in [0.15, 0.2) is 0 Å². The fourth-order valence-electron chi connectivity index (χ4n) is 1.45. The van der Waals surface area contributed by atoms with Crippen molar-refractivity contribution in [2.24, 2.45) is 0 Å². The minimum absolute atomic E-state index is 0.588. The Balaban J connectivity index is 2.35. The maximum absolute atomic E-state index is 8.94. The highest BCUT2D eigenvalue weighted by Gasteiger charge is 2.03. The predicted octanol–water partition coefficient (Wildman–Crippen LogP) is -0.544. The van der Waals surface area contributed by atoms with Crippen LogP contribution in [-0.2, 0) is 6.54 Å². The molecule has 0 unspecified atom stereocenters. The summed E-state index contributed by atoms with van der Waals surface area (Å²) >= 11 is 0. The van der Waals surface area contributed by atoms with Gasteiger partial charge < -0.3 is 0 Å². The standard InChI is InChI=1S/C10H9BN4/c11-10-2-1-8(4-12)9(3-10)5-15-7-13-6-14-15/h1-3,6-7H,5,11H2. The first kappa shape index (κ1) is 9.47. The summed E-state index contributed by atoms with van der Waals surface area (Å²) in [5.74, 6) is 0. The van der Waals surface area contributed by atoms with Crippen molar-refractivity contribution in [1.29, 1.82) is 5.26 Å². The van der Waals surface area contributed by atoms with Gasteiger partial charge in [0.2, 0.25) is 0 Å². The van der Waals surface area contributed by atoms with Crippen molar-refractivity contribution in [3.8, 4) is 6.07 Å². The lowest BCUT2D eigenvalue weighted by Gasteiger charge is -2.04. The molecule has 0 aliphatic rings. The third-order valence-electron chi connectivity index (χ3n) is 2.18. The number of benzene rings is 1. The van der Waals surface area contributed by atoms with E-state index in [1.807, 2.05) is 26.0 Å². The topological polar surface area (TPSA) is 54.5 Å². The van der Waals surface area contributed by atoms with E-state index in [-0.39, 0.29) is 0 Å². The molecule has 0 radical (unpaired) electrons. The first-order valence-electron chi connectivity index (χ1n) is 4.61. The summed E-state index contributed by atoms with van der Waals surface area (Å²) in [7, 11) is 2.01. The van der Waals surface area contributed by atoms with E-state index in [0.29, 0.717) is 12.1 Å². The molecule has 0 saturated carbocycles. The minimum Gasteiger partial charge on any atom is -0.249 e. The molecule has 4 nitrogen and oxygen atoms in total. The molecule has 15 heavy (non-hydrogen) atoms. The van der Waals surface area contributed by atoms with Crippen molar-refractivity contribution >= 4 is 13.3 Å². The van der Waals surface area contributed by atoms with Crippen molar-refractivity contribution < 1.29 is 0 Å². The molecule has 2 rings (SSSR count). The molecule has 0 N–H and O–H groups in total. The van der Waals surface area contributed by atoms with Crippen molar-refractivity contribution in [1.82, 2.24) is 14.8 Å². The molecule has 0 aliphatic carbocycles. The lowest BCUT2D eigenvalue weighted by atomic mass is 9.92. The van der Waals surface area contributed by atoms with Gasteiger partial charge in [0.1, 0.15) is 20.5 Å². The monoisotopic (exact) mass is 196 g/mol. The zero-order valence-electron chi connectivity index (χ0n) is 8.38. The smallest absolute Gasteiger partial charge is 0.139 e. The van der Waals surface area contributed by atoms with Gasteiger partial charge in [-0.3, -0.25) is 0 Å². The number of aromatic nitrogens is 3. The second-order valence-corrected chi connectivity index (χ2v) is 3.37. The Labute approximate surface area is 88.6 Å². The minimum atomic E-state index is 0.588. The van der Waals surface area contributed by atoms with E-state index < -0.39 is 0 Å². The largest absolute Gasteiger partial charge is 0.249 e. The van der Waals surface area contributed by atoms with Gasteiger partial charge in [-0.1, -0.05) is 17.6 Å². The third-order valence-corrected chi connectivity index (χ3v) is 2.18. The summed E-state index contributed by atoms with van der Waals surface area (Å²) in [6, 6.07) is 7.94. The van der Waals surface area contributed by atoms with Crippen LogP contribution in [0.1, 0.15) is 11.1 Å². The molecule has 0 spiro atoms. The average molecular weight is 196 g/mol.